The van der Waals surface area contributed by atoms with Crippen molar-refractivity contribution in [1.82, 2.24) is 9.55 Å². The van der Waals surface area contributed by atoms with Crippen molar-refractivity contribution >= 4 is 0 Å². The van der Waals surface area contributed by atoms with Crippen LogP contribution in [0.3, 0.4) is 0 Å². The van der Waals surface area contributed by atoms with Crippen molar-refractivity contribution in [2.75, 3.05) is 14.2 Å². The predicted molar refractivity (Wildman–Crippen MR) is 76.4 cm³/mol. The van der Waals surface area contributed by atoms with Crippen LogP contribution in [-0.2, 0) is 6.54 Å². The van der Waals surface area contributed by atoms with Crippen LogP contribution in [-0.4, -0.2) is 28.9 Å². The first-order chi connectivity index (χ1) is 9.97. The SMILES string of the molecule is COc1ccc(Cn2c(O)c(C)c(=O)[nH]c2=O)cc1OC. The van der Waals surface area contributed by atoms with E-state index in [1.54, 1.807) is 18.2 Å². The van der Waals surface area contributed by atoms with Crippen molar-refractivity contribution in [3.63, 3.8) is 0 Å². The van der Waals surface area contributed by atoms with Crippen LogP contribution in [0.25, 0.3) is 0 Å². The van der Waals surface area contributed by atoms with E-state index in [0.29, 0.717) is 11.5 Å². The largest absolute Gasteiger partial charge is 0.494 e. The summed E-state index contributed by atoms with van der Waals surface area (Å²) in [5, 5.41) is 9.93. The van der Waals surface area contributed by atoms with Gasteiger partial charge in [0, 0.05) is 0 Å². The monoisotopic (exact) mass is 292 g/mol. The summed E-state index contributed by atoms with van der Waals surface area (Å²) in [6.07, 6.45) is 0. The number of hydrogen-bond donors (Lipinski definition) is 2. The maximum Gasteiger partial charge on any atom is 0.331 e. The van der Waals surface area contributed by atoms with E-state index in [4.69, 9.17) is 9.47 Å². The summed E-state index contributed by atoms with van der Waals surface area (Å²) in [7, 11) is 3.04. The molecule has 0 aliphatic heterocycles. The summed E-state index contributed by atoms with van der Waals surface area (Å²) >= 11 is 0. The Hall–Kier alpha value is -2.70. The number of nitrogens with one attached hydrogen (secondary N) is 1. The number of H-pyrrole nitrogens is 1. The van der Waals surface area contributed by atoms with Crippen LogP contribution in [0.2, 0.25) is 0 Å². The highest BCUT2D eigenvalue weighted by molar-refractivity contribution is 5.43. The molecule has 21 heavy (non-hydrogen) atoms. The molecular formula is C14H16N2O5. The summed E-state index contributed by atoms with van der Waals surface area (Å²) in [4.78, 5) is 25.3. The van der Waals surface area contributed by atoms with Gasteiger partial charge in [0.05, 0.1) is 26.3 Å². The lowest BCUT2D eigenvalue weighted by Gasteiger charge is -2.12. The Balaban J connectivity index is 2.46. The average Bonchev–Trinajstić information content (AvgIpc) is 2.49. The standard InChI is InChI=1S/C14H16N2O5/c1-8-12(17)15-14(19)16(13(8)18)7-9-4-5-10(20-2)11(6-9)21-3/h4-6,18H,7H2,1-3H3,(H,15,17,19). The molecule has 112 valence electrons. The number of nitrogens with zero attached hydrogens (tertiary/aromatic N) is 1. The molecule has 1 aromatic carbocycles. The number of aromatic nitrogens is 2. The fourth-order valence-electron chi connectivity index (χ4n) is 1.97. The van der Waals surface area contributed by atoms with Gasteiger partial charge in [-0.1, -0.05) is 6.07 Å². The van der Waals surface area contributed by atoms with Gasteiger partial charge in [-0.3, -0.25) is 14.3 Å². The maximum atomic E-state index is 11.8. The first-order valence-electron chi connectivity index (χ1n) is 6.21. The van der Waals surface area contributed by atoms with Crippen molar-refractivity contribution < 1.29 is 14.6 Å². The molecule has 0 amide bonds. The Morgan fingerprint density at radius 3 is 2.48 bits per heavy atom. The third kappa shape index (κ3) is 2.76. The van der Waals surface area contributed by atoms with Gasteiger partial charge in [0.2, 0.25) is 5.88 Å². The second-order valence-corrected chi connectivity index (χ2v) is 4.48. The minimum atomic E-state index is -0.669. The Labute approximate surface area is 120 Å². The third-order valence-electron chi connectivity index (χ3n) is 3.19. The van der Waals surface area contributed by atoms with Gasteiger partial charge in [0.1, 0.15) is 0 Å². The summed E-state index contributed by atoms with van der Waals surface area (Å²) in [6.45, 7) is 1.54. The third-order valence-corrected chi connectivity index (χ3v) is 3.19. The van der Waals surface area contributed by atoms with Crippen molar-refractivity contribution in [2.24, 2.45) is 0 Å². The number of hydrogen-bond acceptors (Lipinski definition) is 5. The second kappa shape index (κ2) is 5.74. The van der Waals surface area contributed by atoms with E-state index in [9.17, 15) is 14.7 Å². The Bertz CT molecular complexity index is 776. The fourth-order valence-corrected chi connectivity index (χ4v) is 1.97. The molecule has 0 aliphatic carbocycles. The van der Waals surface area contributed by atoms with E-state index in [1.165, 1.54) is 21.1 Å². The first kappa shape index (κ1) is 14.7. The van der Waals surface area contributed by atoms with E-state index in [2.05, 4.69) is 4.98 Å². The molecule has 0 atom stereocenters. The molecule has 0 bridgehead atoms. The molecule has 7 nitrogen and oxygen atoms in total. The molecule has 1 aromatic heterocycles. The summed E-state index contributed by atoms with van der Waals surface area (Å²) in [5.41, 5.74) is -0.453. The number of aromatic amines is 1. The van der Waals surface area contributed by atoms with Crippen LogP contribution in [0.1, 0.15) is 11.1 Å². The lowest BCUT2D eigenvalue weighted by Crippen LogP contribution is -2.31. The maximum absolute atomic E-state index is 11.8. The Morgan fingerprint density at radius 2 is 1.86 bits per heavy atom. The molecule has 0 radical (unpaired) electrons. The normalized spacial score (nSPS) is 10.4. The Morgan fingerprint density at radius 1 is 1.19 bits per heavy atom. The predicted octanol–water partition coefficient (Wildman–Crippen LogP) is 0.616. The number of rotatable bonds is 4. The first-order valence-corrected chi connectivity index (χ1v) is 6.21. The minimum absolute atomic E-state index is 0.0927. The van der Waals surface area contributed by atoms with Crippen molar-refractivity contribution in [2.45, 2.75) is 13.5 Å². The molecule has 0 saturated carbocycles. The molecule has 0 saturated heterocycles. The van der Waals surface area contributed by atoms with Crippen molar-refractivity contribution in [1.29, 1.82) is 0 Å². The van der Waals surface area contributed by atoms with Gasteiger partial charge >= 0.3 is 5.69 Å². The molecule has 2 rings (SSSR count). The fraction of sp³-hybridized carbons (Fsp3) is 0.286. The molecule has 0 spiro atoms. The summed E-state index contributed by atoms with van der Waals surface area (Å²) in [5.74, 6) is 0.734. The van der Waals surface area contributed by atoms with Crippen molar-refractivity contribution in [3.8, 4) is 17.4 Å². The lowest BCUT2D eigenvalue weighted by molar-refractivity contribution is 0.354. The molecule has 7 heteroatoms. The minimum Gasteiger partial charge on any atom is -0.494 e. The zero-order chi connectivity index (χ0) is 15.6. The van der Waals surface area contributed by atoms with Gasteiger partial charge in [-0.2, -0.15) is 0 Å². The van der Waals surface area contributed by atoms with Crippen LogP contribution in [0.4, 0.5) is 0 Å². The van der Waals surface area contributed by atoms with E-state index < -0.39 is 11.2 Å². The van der Waals surface area contributed by atoms with Crippen LogP contribution < -0.4 is 20.7 Å². The van der Waals surface area contributed by atoms with E-state index in [-0.39, 0.29) is 18.0 Å². The van der Waals surface area contributed by atoms with Crippen LogP contribution >= 0.6 is 0 Å². The number of ether oxygens (including phenoxy) is 2. The number of methoxy groups -OCH3 is 2. The second-order valence-electron chi connectivity index (χ2n) is 4.48. The van der Waals surface area contributed by atoms with Crippen LogP contribution in [0.15, 0.2) is 27.8 Å². The van der Waals surface area contributed by atoms with E-state index in [0.717, 1.165) is 10.1 Å². The molecule has 0 aliphatic rings. The van der Waals surface area contributed by atoms with Crippen LogP contribution in [0, 0.1) is 6.92 Å². The smallest absolute Gasteiger partial charge is 0.331 e. The lowest BCUT2D eigenvalue weighted by atomic mass is 10.2. The van der Waals surface area contributed by atoms with Crippen molar-refractivity contribution in [3.05, 3.63) is 50.2 Å². The number of aromatic hydroxyl groups is 1. The quantitative estimate of drug-likeness (QED) is 0.861. The van der Waals surface area contributed by atoms with Gasteiger partial charge < -0.3 is 14.6 Å². The highest BCUT2D eigenvalue weighted by atomic mass is 16.5. The summed E-state index contributed by atoms with van der Waals surface area (Å²) in [6, 6.07) is 5.15. The van der Waals surface area contributed by atoms with Gasteiger partial charge in [-0.15, -0.1) is 0 Å². The Kier molecular flexibility index (Phi) is 4.02. The molecule has 0 unspecified atom stereocenters. The molecule has 2 N–H and O–H groups in total. The molecule has 1 heterocycles. The van der Waals surface area contributed by atoms with E-state index >= 15 is 0 Å². The van der Waals surface area contributed by atoms with Gasteiger partial charge in [0.15, 0.2) is 11.5 Å². The van der Waals surface area contributed by atoms with E-state index in [1.807, 2.05) is 0 Å². The van der Waals surface area contributed by atoms with Gasteiger partial charge in [-0.25, -0.2) is 4.79 Å². The van der Waals surface area contributed by atoms with Gasteiger partial charge in [0.25, 0.3) is 5.56 Å². The molecule has 2 aromatic rings. The highest BCUT2D eigenvalue weighted by Crippen LogP contribution is 2.28. The topological polar surface area (TPSA) is 93.5 Å². The zero-order valence-electron chi connectivity index (χ0n) is 12.0. The molecular weight excluding hydrogens is 276 g/mol. The van der Waals surface area contributed by atoms with Gasteiger partial charge in [-0.05, 0) is 24.6 Å². The van der Waals surface area contributed by atoms with Crippen LogP contribution in [0.5, 0.6) is 17.4 Å². The molecule has 0 fully saturated rings. The zero-order valence-corrected chi connectivity index (χ0v) is 12.0. The average molecular weight is 292 g/mol. The number of benzene rings is 1. The summed E-state index contributed by atoms with van der Waals surface area (Å²) < 4.78 is 11.4. The highest BCUT2D eigenvalue weighted by Gasteiger charge is 2.12.